The van der Waals surface area contributed by atoms with Crippen molar-refractivity contribution >= 4 is 6.29 Å². The highest BCUT2D eigenvalue weighted by atomic mass is 16.1. The topological polar surface area (TPSA) is 17.1 Å². The van der Waals surface area contributed by atoms with E-state index in [0.717, 1.165) is 23.7 Å². The number of rotatable bonds is 1. The molecule has 3 aliphatic carbocycles. The van der Waals surface area contributed by atoms with Gasteiger partial charge in [0.25, 0.3) is 0 Å². The average molecular weight is 164 g/mol. The number of carbonyl (C=O) groups excluding carboxylic acids is 1. The first-order chi connectivity index (χ1) is 5.90. The minimum Gasteiger partial charge on any atom is -0.303 e. The van der Waals surface area contributed by atoms with E-state index in [1.807, 2.05) is 0 Å². The maximum atomic E-state index is 10.8. The Morgan fingerprint density at radius 2 is 1.83 bits per heavy atom. The Labute approximate surface area is 73.5 Å². The molecule has 3 fully saturated rings. The Kier molecular flexibility index (Phi) is 1.38. The molecule has 1 nitrogen and oxygen atoms in total. The van der Waals surface area contributed by atoms with Gasteiger partial charge in [0.05, 0.1) is 0 Å². The molecule has 2 bridgehead atoms. The van der Waals surface area contributed by atoms with Crippen molar-refractivity contribution < 1.29 is 4.79 Å². The molecule has 0 spiro atoms. The van der Waals surface area contributed by atoms with Gasteiger partial charge in [-0.15, -0.1) is 0 Å². The van der Waals surface area contributed by atoms with Crippen molar-refractivity contribution in [2.45, 2.75) is 32.1 Å². The molecule has 0 aromatic heterocycles. The molecule has 66 valence electrons. The van der Waals surface area contributed by atoms with Gasteiger partial charge in [0, 0.05) is 5.92 Å². The zero-order valence-electron chi connectivity index (χ0n) is 7.41. The van der Waals surface area contributed by atoms with Crippen molar-refractivity contribution in [1.29, 1.82) is 0 Å². The third kappa shape index (κ3) is 0.725. The van der Waals surface area contributed by atoms with Crippen molar-refractivity contribution in [3.63, 3.8) is 0 Å². The Bertz CT molecular complexity index is 211. The summed E-state index contributed by atoms with van der Waals surface area (Å²) in [5, 5.41) is 0. The lowest BCUT2D eigenvalue weighted by molar-refractivity contribution is -0.112. The van der Waals surface area contributed by atoms with Gasteiger partial charge in [-0.25, -0.2) is 0 Å². The summed E-state index contributed by atoms with van der Waals surface area (Å²) in [6.07, 6.45) is 8.15. The van der Waals surface area contributed by atoms with Crippen LogP contribution in [0.25, 0.3) is 0 Å². The van der Waals surface area contributed by atoms with Crippen LogP contribution >= 0.6 is 0 Å². The van der Waals surface area contributed by atoms with E-state index in [0.29, 0.717) is 5.92 Å². The van der Waals surface area contributed by atoms with Gasteiger partial charge in [-0.2, -0.15) is 0 Å². The van der Waals surface area contributed by atoms with E-state index < -0.39 is 0 Å². The zero-order chi connectivity index (χ0) is 8.13. The highest BCUT2D eigenvalue weighted by Crippen LogP contribution is 2.60. The molecule has 0 amide bonds. The number of carbonyl (C=O) groups is 1. The van der Waals surface area contributed by atoms with Crippen molar-refractivity contribution in [3.8, 4) is 0 Å². The summed E-state index contributed by atoms with van der Waals surface area (Å²) < 4.78 is 0. The minimum absolute atomic E-state index is 0.449. The molecule has 0 unspecified atom stereocenters. The Morgan fingerprint density at radius 1 is 1.00 bits per heavy atom. The molecule has 3 saturated carbocycles. The fourth-order valence-corrected chi connectivity index (χ4v) is 4.29. The fourth-order valence-electron chi connectivity index (χ4n) is 4.29. The van der Waals surface area contributed by atoms with Crippen LogP contribution in [0.2, 0.25) is 0 Å². The number of hydrogen-bond acceptors (Lipinski definition) is 1. The summed E-state index contributed by atoms with van der Waals surface area (Å²) in [5.74, 6) is 4.19. The van der Waals surface area contributed by atoms with Gasteiger partial charge >= 0.3 is 0 Å². The molecule has 0 saturated heterocycles. The van der Waals surface area contributed by atoms with Crippen LogP contribution in [-0.2, 0) is 4.79 Å². The standard InChI is InChI=1S/C11H16O/c12-6-9-3-4-10-7-1-2-8(5-7)11(9)10/h6-11H,1-5H2/t7-,8+,9+,10+,11-/m1/s1. The van der Waals surface area contributed by atoms with Crippen LogP contribution in [0.5, 0.6) is 0 Å². The predicted molar refractivity (Wildman–Crippen MR) is 46.6 cm³/mol. The number of aldehydes is 1. The van der Waals surface area contributed by atoms with E-state index >= 15 is 0 Å². The predicted octanol–water partition coefficient (Wildman–Crippen LogP) is 2.26. The maximum Gasteiger partial charge on any atom is 0.123 e. The van der Waals surface area contributed by atoms with Crippen LogP contribution in [0, 0.1) is 29.6 Å². The SMILES string of the molecule is O=C[C@@H]1CC[C@H]2[C@@H]3CC[C@@H](C3)[C@@H]21. The molecule has 1 heteroatoms. The van der Waals surface area contributed by atoms with E-state index in [4.69, 9.17) is 0 Å². The normalized spacial score (nSPS) is 55.8. The van der Waals surface area contributed by atoms with Crippen LogP contribution in [0.1, 0.15) is 32.1 Å². The van der Waals surface area contributed by atoms with E-state index in [9.17, 15) is 4.79 Å². The third-order valence-corrected chi connectivity index (χ3v) is 4.66. The molecular formula is C11H16O. The van der Waals surface area contributed by atoms with Gasteiger partial charge in [0.1, 0.15) is 6.29 Å². The molecule has 3 rings (SSSR count). The first-order valence-electron chi connectivity index (χ1n) is 5.35. The van der Waals surface area contributed by atoms with Crippen LogP contribution in [0.4, 0.5) is 0 Å². The molecule has 0 heterocycles. The number of hydrogen-bond donors (Lipinski definition) is 0. The molecule has 0 N–H and O–H groups in total. The van der Waals surface area contributed by atoms with E-state index in [1.165, 1.54) is 38.4 Å². The number of fused-ring (bicyclic) bond motifs is 5. The van der Waals surface area contributed by atoms with Crippen molar-refractivity contribution in [3.05, 3.63) is 0 Å². The molecule has 0 aromatic rings. The highest BCUT2D eigenvalue weighted by molar-refractivity contribution is 5.55. The highest BCUT2D eigenvalue weighted by Gasteiger charge is 2.52. The summed E-state index contributed by atoms with van der Waals surface area (Å²) in [5.41, 5.74) is 0. The van der Waals surface area contributed by atoms with Gasteiger partial charge in [0.15, 0.2) is 0 Å². The summed E-state index contributed by atoms with van der Waals surface area (Å²) in [6, 6.07) is 0. The quantitative estimate of drug-likeness (QED) is 0.543. The van der Waals surface area contributed by atoms with Crippen molar-refractivity contribution in [2.24, 2.45) is 29.6 Å². The zero-order valence-corrected chi connectivity index (χ0v) is 7.41. The van der Waals surface area contributed by atoms with Gasteiger partial charge in [-0.3, -0.25) is 0 Å². The van der Waals surface area contributed by atoms with Crippen LogP contribution < -0.4 is 0 Å². The lowest BCUT2D eigenvalue weighted by atomic mass is 9.78. The monoisotopic (exact) mass is 164 g/mol. The van der Waals surface area contributed by atoms with Gasteiger partial charge in [0.2, 0.25) is 0 Å². The largest absolute Gasteiger partial charge is 0.303 e. The minimum atomic E-state index is 0.449. The van der Waals surface area contributed by atoms with Crippen molar-refractivity contribution in [1.82, 2.24) is 0 Å². The lowest BCUT2D eigenvalue weighted by Crippen LogP contribution is -2.22. The molecule has 5 atom stereocenters. The summed E-state index contributed by atoms with van der Waals surface area (Å²) >= 11 is 0. The first kappa shape index (κ1) is 7.11. The smallest absolute Gasteiger partial charge is 0.123 e. The molecule has 3 aliphatic rings. The lowest BCUT2D eigenvalue weighted by Gasteiger charge is -2.26. The third-order valence-electron chi connectivity index (χ3n) is 4.66. The second kappa shape index (κ2) is 2.34. The van der Waals surface area contributed by atoms with Gasteiger partial charge in [-0.1, -0.05) is 0 Å². The van der Waals surface area contributed by atoms with E-state index in [1.54, 1.807) is 0 Å². The molecule has 0 aromatic carbocycles. The van der Waals surface area contributed by atoms with E-state index in [2.05, 4.69) is 0 Å². The van der Waals surface area contributed by atoms with Crippen LogP contribution in [-0.4, -0.2) is 6.29 Å². The molecule has 12 heavy (non-hydrogen) atoms. The fraction of sp³-hybridized carbons (Fsp3) is 0.909. The second-order valence-electron chi connectivity index (χ2n) is 4.95. The van der Waals surface area contributed by atoms with Crippen LogP contribution in [0.3, 0.4) is 0 Å². The maximum absolute atomic E-state index is 10.8. The Balaban J connectivity index is 1.89. The second-order valence-corrected chi connectivity index (χ2v) is 4.95. The Hall–Kier alpha value is -0.330. The summed E-state index contributed by atoms with van der Waals surface area (Å²) in [6.45, 7) is 0. The molecule has 0 radical (unpaired) electrons. The molecular weight excluding hydrogens is 148 g/mol. The average Bonchev–Trinajstić information content (AvgIpc) is 2.76. The van der Waals surface area contributed by atoms with Crippen molar-refractivity contribution in [2.75, 3.05) is 0 Å². The van der Waals surface area contributed by atoms with Gasteiger partial charge in [-0.05, 0) is 55.8 Å². The summed E-state index contributed by atoms with van der Waals surface area (Å²) in [4.78, 5) is 10.8. The van der Waals surface area contributed by atoms with Gasteiger partial charge < -0.3 is 4.79 Å². The van der Waals surface area contributed by atoms with Crippen LogP contribution in [0.15, 0.2) is 0 Å². The molecule has 0 aliphatic heterocycles. The summed E-state index contributed by atoms with van der Waals surface area (Å²) in [7, 11) is 0. The Morgan fingerprint density at radius 3 is 2.67 bits per heavy atom. The first-order valence-corrected chi connectivity index (χ1v) is 5.35. The van der Waals surface area contributed by atoms with E-state index in [-0.39, 0.29) is 0 Å².